The van der Waals surface area contributed by atoms with Gasteiger partial charge in [-0.25, -0.2) is 0 Å². The summed E-state index contributed by atoms with van der Waals surface area (Å²) in [6.07, 6.45) is -3.14. The van der Waals surface area contributed by atoms with Crippen LogP contribution >= 0.6 is 0 Å². The molecule has 0 aromatic heterocycles. The van der Waals surface area contributed by atoms with Crippen LogP contribution in [0.4, 0.5) is 0 Å². The first-order valence-electron chi connectivity index (χ1n) is 9.67. The Morgan fingerprint density at radius 3 is 2.00 bits per heavy atom. The number of aliphatic hydroxyl groups is 1. The molecule has 9 heteroatoms. The number of benzene rings is 2. The van der Waals surface area contributed by atoms with E-state index in [1.807, 2.05) is 60.7 Å². The molecule has 1 N–H and O–H groups in total. The Kier molecular flexibility index (Phi) is 10.2. The van der Waals surface area contributed by atoms with Crippen LogP contribution in [0.15, 0.2) is 65.8 Å². The minimum atomic E-state index is -1.33. The third kappa shape index (κ3) is 8.19. The fourth-order valence-corrected chi connectivity index (χ4v) is 2.87. The number of nitrogens with zero attached hydrogens (tertiary/aromatic N) is 3. The van der Waals surface area contributed by atoms with E-state index in [4.69, 9.17) is 19.7 Å². The predicted molar refractivity (Wildman–Crippen MR) is 112 cm³/mol. The summed E-state index contributed by atoms with van der Waals surface area (Å²) < 4.78 is 16.7. The lowest BCUT2D eigenvalue weighted by Crippen LogP contribution is -2.49. The van der Waals surface area contributed by atoms with Crippen molar-refractivity contribution in [2.45, 2.75) is 44.5 Å². The quantitative estimate of drug-likeness (QED) is 0.172. The molecule has 0 spiro atoms. The van der Waals surface area contributed by atoms with Crippen LogP contribution < -0.4 is 0 Å². The number of esters is 1. The van der Waals surface area contributed by atoms with E-state index in [0.29, 0.717) is 6.29 Å². The second-order valence-corrected chi connectivity index (χ2v) is 6.72. The predicted octanol–water partition coefficient (Wildman–Crippen LogP) is 2.96. The van der Waals surface area contributed by atoms with Crippen molar-refractivity contribution in [1.82, 2.24) is 0 Å². The lowest BCUT2D eigenvalue weighted by atomic mass is 10.0. The first-order valence-corrected chi connectivity index (χ1v) is 9.67. The summed E-state index contributed by atoms with van der Waals surface area (Å²) in [7, 11) is 0. The average Bonchev–Trinajstić information content (AvgIpc) is 2.79. The summed E-state index contributed by atoms with van der Waals surface area (Å²) in [4.78, 5) is 25.6. The van der Waals surface area contributed by atoms with Crippen LogP contribution in [0.5, 0.6) is 0 Å². The number of rotatable bonds is 13. The van der Waals surface area contributed by atoms with Gasteiger partial charge in [0, 0.05) is 11.8 Å². The van der Waals surface area contributed by atoms with E-state index in [2.05, 4.69) is 10.0 Å². The normalized spacial score (nSPS) is 14.5. The summed E-state index contributed by atoms with van der Waals surface area (Å²) >= 11 is 0. The molecule has 0 aliphatic heterocycles. The minimum Gasteiger partial charge on any atom is -0.463 e. The van der Waals surface area contributed by atoms with Crippen LogP contribution in [0.2, 0.25) is 0 Å². The van der Waals surface area contributed by atoms with E-state index in [1.165, 1.54) is 6.92 Å². The number of hydrogen-bond donors (Lipinski definition) is 1. The molecule has 0 unspecified atom stereocenters. The van der Waals surface area contributed by atoms with Crippen molar-refractivity contribution >= 4 is 12.3 Å². The number of carbonyl (C=O) groups excluding carboxylic acids is 2. The van der Waals surface area contributed by atoms with E-state index < -0.39 is 30.3 Å². The number of aliphatic hydroxyl groups excluding tert-OH is 1. The molecule has 9 nitrogen and oxygen atoms in total. The fraction of sp³-hybridized carbons (Fsp3) is 0.364. The van der Waals surface area contributed by atoms with E-state index >= 15 is 0 Å². The molecule has 4 atom stereocenters. The van der Waals surface area contributed by atoms with Crippen molar-refractivity contribution in [3.63, 3.8) is 0 Å². The van der Waals surface area contributed by atoms with Crippen molar-refractivity contribution in [2.75, 3.05) is 6.61 Å². The van der Waals surface area contributed by atoms with Crippen LogP contribution in [0.3, 0.4) is 0 Å². The maximum Gasteiger partial charge on any atom is 0.302 e. The van der Waals surface area contributed by atoms with Crippen molar-refractivity contribution in [1.29, 1.82) is 0 Å². The molecule has 0 saturated carbocycles. The van der Waals surface area contributed by atoms with Crippen LogP contribution in [-0.2, 0) is 37.0 Å². The van der Waals surface area contributed by atoms with Crippen molar-refractivity contribution in [3.05, 3.63) is 82.2 Å². The van der Waals surface area contributed by atoms with Crippen molar-refractivity contribution < 1.29 is 28.9 Å². The Hall–Kier alpha value is -3.23. The number of carbonyl (C=O) groups is 2. The molecule has 0 fully saturated rings. The Morgan fingerprint density at radius 2 is 1.55 bits per heavy atom. The number of azide groups is 1. The third-order valence-electron chi connectivity index (χ3n) is 4.39. The third-order valence-corrected chi connectivity index (χ3v) is 4.39. The van der Waals surface area contributed by atoms with Gasteiger partial charge in [-0.2, -0.15) is 0 Å². The van der Waals surface area contributed by atoms with Gasteiger partial charge in [-0.1, -0.05) is 65.8 Å². The maximum absolute atomic E-state index is 11.6. The summed E-state index contributed by atoms with van der Waals surface area (Å²) in [6.45, 7) is 1.02. The summed E-state index contributed by atoms with van der Waals surface area (Å²) in [6, 6.07) is 17.1. The molecule has 2 rings (SSSR count). The summed E-state index contributed by atoms with van der Waals surface area (Å²) in [5.74, 6) is -0.579. The van der Waals surface area contributed by atoms with E-state index in [1.54, 1.807) is 0 Å². The minimum absolute atomic E-state index is 0.0856. The lowest BCUT2D eigenvalue weighted by Gasteiger charge is -2.32. The Labute approximate surface area is 180 Å². The van der Waals surface area contributed by atoms with Gasteiger partial charge in [0.2, 0.25) is 0 Å². The topological polar surface area (TPSA) is 131 Å². The molecule has 0 aliphatic rings. The summed E-state index contributed by atoms with van der Waals surface area (Å²) in [5, 5.41) is 14.2. The zero-order chi connectivity index (χ0) is 22.5. The fourth-order valence-electron chi connectivity index (χ4n) is 2.87. The highest BCUT2D eigenvalue weighted by Gasteiger charge is 2.36. The van der Waals surface area contributed by atoms with E-state index in [-0.39, 0.29) is 19.8 Å². The van der Waals surface area contributed by atoms with Crippen molar-refractivity contribution in [2.24, 2.45) is 5.11 Å². The smallest absolute Gasteiger partial charge is 0.302 e. The van der Waals surface area contributed by atoms with E-state index in [0.717, 1.165) is 11.1 Å². The Bertz CT molecular complexity index is 858. The number of ether oxygens (including phenoxy) is 3. The lowest BCUT2D eigenvalue weighted by molar-refractivity contribution is -0.164. The molecular weight excluding hydrogens is 402 g/mol. The van der Waals surface area contributed by atoms with Gasteiger partial charge in [-0.05, 0) is 16.7 Å². The highest BCUT2D eigenvalue weighted by atomic mass is 16.6. The van der Waals surface area contributed by atoms with Crippen LogP contribution in [-0.4, -0.2) is 48.3 Å². The SMILES string of the molecule is CC(=O)OC[C@@H](O)[C@@H](OCc1ccccc1)[C@H](OCc1ccccc1)[C@H](C=O)N=[N+]=[N-]. The van der Waals surface area contributed by atoms with Gasteiger partial charge in [-0.15, -0.1) is 0 Å². The maximum atomic E-state index is 11.6. The highest BCUT2D eigenvalue weighted by molar-refractivity contribution is 5.65. The molecule has 0 radical (unpaired) electrons. The Balaban J connectivity index is 2.27. The second-order valence-electron chi connectivity index (χ2n) is 6.72. The van der Waals surface area contributed by atoms with Gasteiger partial charge in [0.15, 0.2) is 0 Å². The number of aldehydes is 1. The molecule has 31 heavy (non-hydrogen) atoms. The second kappa shape index (κ2) is 13.1. The molecule has 0 heterocycles. The van der Waals surface area contributed by atoms with Crippen molar-refractivity contribution in [3.8, 4) is 0 Å². The molecular formula is C22H25N3O6. The number of hydrogen-bond acceptors (Lipinski definition) is 7. The molecule has 2 aromatic rings. The monoisotopic (exact) mass is 427 g/mol. The van der Waals surface area contributed by atoms with E-state index in [9.17, 15) is 14.7 Å². The zero-order valence-electron chi connectivity index (χ0n) is 17.1. The first kappa shape index (κ1) is 24.0. The zero-order valence-corrected chi connectivity index (χ0v) is 17.1. The molecule has 0 saturated heterocycles. The van der Waals surface area contributed by atoms with Crippen LogP contribution in [0.1, 0.15) is 18.1 Å². The van der Waals surface area contributed by atoms with Crippen LogP contribution in [0.25, 0.3) is 10.4 Å². The Morgan fingerprint density at radius 1 is 1.03 bits per heavy atom. The van der Waals surface area contributed by atoms with Gasteiger partial charge in [0.25, 0.3) is 0 Å². The average molecular weight is 427 g/mol. The van der Waals surface area contributed by atoms with Gasteiger partial charge >= 0.3 is 5.97 Å². The summed E-state index contributed by atoms with van der Waals surface area (Å²) in [5.41, 5.74) is 10.5. The molecule has 2 aromatic carbocycles. The van der Waals surface area contributed by atoms with Gasteiger partial charge < -0.3 is 24.1 Å². The van der Waals surface area contributed by atoms with Gasteiger partial charge in [0.05, 0.1) is 13.2 Å². The standard InChI is InChI=1S/C22H25N3O6/c1-16(27)29-15-20(28)22(31-14-18-10-6-3-7-11-18)21(19(12-26)24-25-23)30-13-17-8-4-2-5-9-17/h2-12,19-22,28H,13-15H2,1H3/t19-,20+,21+,22+/m0/s1. The molecule has 0 amide bonds. The molecule has 0 bridgehead atoms. The first-order chi connectivity index (χ1) is 15.0. The van der Waals surface area contributed by atoms with Crippen LogP contribution in [0, 0.1) is 0 Å². The largest absolute Gasteiger partial charge is 0.463 e. The molecule has 0 aliphatic carbocycles. The van der Waals surface area contributed by atoms with Gasteiger partial charge in [-0.3, -0.25) is 4.79 Å². The molecule has 164 valence electrons. The van der Waals surface area contributed by atoms with Gasteiger partial charge in [0.1, 0.15) is 37.2 Å². The highest BCUT2D eigenvalue weighted by Crippen LogP contribution is 2.19.